The van der Waals surface area contributed by atoms with Gasteiger partial charge in [0.2, 0.25) is 0 Å². The minimum atomic E-state index is -0.399. The minimum Gasteiger partial charge on any atom is -0.507 e. The number of halogens is 1. The fraction of sp³-hybridized carbons (Fsp3) is 0.375. The highest BCUT2D eigenvalue weighted by Crippen LogP contribution is 2.27. The van der Waals surface area contributed by atoms with Crippen molar-refractivity contribution < 1.29 is 19.1 Å². The van der Waals surface area contributed by atoms with Crippen LogP contribution in [0.1, 0.15) is 57.5 Å². The maximum absolute atomic E-state index is 14.7. The SMILES string of the molecule is Cc1cc(C(=O)N2CCC(N3CCC(NC(=O)c4ccc(-c5ccccc5)c(F)c4)CC3)CC2)cc(C)c1O. The number of likely N-dealkylation sites (tertiary alicyclic amines) is 2. The van der Waals surface area contributed by atoms with Gasteiger partial charge in [0.15, 0.2) is 0 Å². The fourth-order valence-corrected chi connectivity index (χ4v) is 5.88. The predicted octanol–water partition coefficient (Wildman–Crippen LogP) is 5.31. The van der Waals surface area contributed by atoms with Crippen LogP contribution in [0.25, 0.3) is 11.1 Å². The first-order chi connectivity index (χ1) is 18.8. The Labute approximate surface area is 229 Å². The van der Waals surface area contributed by atoms with Gasteiger partial charge >= 0.3 is 0 Å². The van der Waals surface area contributed by atoms with Gasteiger partial charge in [-0.1, -0.05) is 36.4 Å². The number of nitrogens with one attached hydrogen (secondary N) is 1. The van der Waals surface area contributed by atoms with Crippen LogP contribution in [-0.4, -0.2) is 65.0 Å². The van der Waals surface area contributed by atoms with Gasteiger partial charge in [0.25, 0.3) is 11.8 Å². The Hall–Kier alpha value is -3.71. The van der Waals surface area contributed by atoms with Crippen LogP contribution in [0, 0.1) is 19.7 Å². The van der Waals surface area contributed by atoms with Crippen molar-refractivity contribution in [1.29, 1.82) is 0 Å². The average molecular weight is 530 g/mol. The largest absolute Gasteiger partial charge is 0.507 e. The summed E-state index contributed by atoms with van der Waals surface area (Å²) in [5.41, 5.74) is 3.68. The van der Waals surface area contributed by atoms with Crippen LogP contribution < -0.4 is 5.32 Å². The second kappa shape index (κ2) is 11.6. The summed E-state index contributed by atoms with van der Waals surface area (Å²) >= 11 is 0. The molecule has 2 N–H and O–H groups in total. The van der Waals surface area contributed by atoms with Crippen molar-refractivity contribution in [2.45, 2.75) is 51.6 Å². The van der Waals surface area contributed by atoms with E-state index in [0.717, 1.165) is 55.5 Å². The highest BCUT2D eigenvalue weighted by atomic mass is 19.1. The van der Waals surface area contributed by atoms with Crippen LogP contribution in [0.15, 0.2) is 60.7 Å². The van der Waals surface area contributed by atoms with Gasteiger partial charge in [0.1, 0.15) is 11.6 Å². The highest BCUT2D eigenvalue weighted by molar-refractivity contribution is 5.95. The molecule has 0 spiro atoms. The maximum Gasteiger partial charge on any atom is 0.253 e. The molecule has 6 nitrogen and oxygen atoms in total. The lowest BCUT2D eigenvalue weighted by atomic mass is 9.96. The predicted molar refractivity (Wildman–Crippen MR) is 150 cm³/mol. The Morgan fingerprint density at radius 2 is 1.49 bits per heavy atom. The number of piperidine rings is 2. The van der Waals surface area contributed by atoms with E-state index >= 15 is 0 Å². The molecule has 3 aromatic rings. The zero-order valence-corrected chi connectivity index (χ0v) is 22.6. The summed E-state index contributed by atoms with van der Waals surface area (Å²) in [7, 11) is 0. The summed E-state index contributed by atoms with van der Waals surface area (Å²) < 4.78 is 14.7. The van der Waals surface area contributed by atoms with E-state index in [4.69, 9.17) is 0 Å². The van der Waals surface area contributed by atoms with E-state index in [0.29, 0.717) is 35.8 Å². The summed E-state index contributed by atoms with van der Waals surface area (Å²) in [4.78, 5) is 30.3. The van der Waals surface area contributed by atoms with Crippen molar-refractivity contribution in [1.82, 2.24) is 15.1 Å². The number of aromatic hydroxyl groups is 1. The number of carbonyl (C=O) groups excluding carboxylic acids is 2. The lowest BCUT2D eigenvalue weighted by Gasteiger charge is -2.42. The number of phenols is 1. The summed E-state index contributed by atoms with van der Waals surface area (Å²) in [5, 5.41) is 13.1. The van der Waals surface area contributed by atoms with Crippen molar-refractivity contribution >= 4 is 11.8 Å². The Morgan fingerprint density at radius 1 is 0.846 bits per heavy atom. The third-order valence-corrected chi connectivity index (χ3v) is 8.19. The molecule has 2 amide bonds. The molecule has 2 saturated heterocycles. The molecule has 2 heterocycles. The van der Waals surface area contributed by atoms with Gasteiger partial charge in [-0.25, -0.2) is 4.39 Å². The molecular weight excluding hydrogens is 493 g/mol. The number of phenolic OH excluding ortho intramolecular Hbond substituents is 1. The lowest BCUT2D eigenvalue weighted by molar-refractivity contribution is 0.0566. The molecule has 204 valence electrons. The zero-order valence-electron chi connectivity index (χ0n) is 22.6. The summed E-state index contributed by atoms with van der Waals surface area (Å²) in [6.07, 6.45) is 3.54. The van der Waals surface area contributed by atoms with Crippen molar-refractivity contribution in [3.05, 3.63) is 88.7 Å². The average Bonchev–Trinajstić information content (AvgIpc) is 2.96. The van der Waals surface area contributed by atoms with Crippen LogP contribution in [0.3, 0.4) is 0 Å². The number of aryl methyl sites for hydroxylation is 2. The molecule has 5 rings (SSSR count). The zero-order chi connectivity index (χ0) is 27.5. The Bertz CT molecular complexity index is 1320. The van der Waals surface area contributed by atoms with Gasteiger partial charge in [0, 0.05) is 55.0 Å². The number of benzene rings is 3. The van der Waals surface area contributed by atoms with Crippen molar-refractivity contribution in [3.63, 3.8) is 0 Å². The summed E-state index contributed by atoms with van der Waals surface area (Å²) in [5.74, 6) is -0.366. The van der Waals surface area contributed by atoms with Gasteiger partial charge in [-0.05, 0) is 80.5 Å². The maximum atomic E-state index is 14.7. The van der Waals surface area contributed by atoms with E-state index < -0.39 is 5.82 Å². The van der Waals surface area contributed by atoms with E-state index in [1.54, 1.807) is 24.3 Å². The molecule has 0 bridgehead atoms. The molecule has 0 radical (unpaired) electrons. The quantitative estimate of drug-likeness (QED) is 0.470. The van der Waals surface area contributed by atoms with Gasteiger partial charge in [0.05, 0.1) is 0 Å². The Kier molecular flexibility index (Phi) is 7.98. The van der Waals surface area contributed by atoms with Crippen molar-refractivity contribution in [2.75, 3.05) is 26.2 Å². The monoisotopic (exact) mass is 529 g/mol. The standard InChI is InChI=1S/C32H36FN3O3/c1-21-18-25(19-22(2)30(21)37)32(39)36-16-12-27(13-17-36)35-14-10-26(11-15-35)34-31(38)24-8-9-28(29(33)20-24)23-6-4-3-5-7-23/h3-9,18-20,26-27,37H,10-17H2,1-2H3,(H,34,38). The fourth-order valence-electron chi connectivity index (χ4n) is 5.88. The smallest absolute Gasteiger partial charge is 0.253 e. The van der Waals surface area contributed by atoms with Crippen LogP contribution in [0.2, 0.25) is 0 Å². The summed E-state index contributed by atoms with van der Waals surface area (Å²) in [6, 6.07) is 18.0. The number of rotatable bonds is 5. The molecule has 0 aliphatic carbocycles. The van der Waals surface area contributed by atoms with Crippen LogP contribution >= 0.6 is 0 Å². The third kappa shape index (κ3) is 5.98. The number of amides is 2. The van der Waals surface area contributed by atoms with E-state index in [1.807, 2.05) is 49.1 Å². The number of hydrogen-bond acceptors (Lipinski definition) is 4. The molecule has 7 heteroatoms. The lowest BCUT2D eigenvalue weighted by Crippen LogP contribution is -2.51. The molecule has 2 fully saturated rings. The molecule has 39 heavy (non-hydrogen) atoms. The van der Waals surface area contributed by atoms with E-state index in [-0.39, 0.29) is 23.6 Å². The van der Waals surface area contributed by atoms with Crippen LogP contribution in [0.5, 0.6) is 5.75 Å². The first kappa shape index (κ1) is 26.9. The second-order valence-corrected chi connectivity index (χ2v) is 10.8. The minimum absolute atomic E-state index is 0.0225. The van der Waals surface area contributed by atoms with E-state index in [2.05, 4.69) is 10.2 Å². The van der Waals surface area contributed by atoms with E-state index in [1.165, 1.54) is 6.07 Å². The molecule has 0 atom stereocenters. The Morgan fingerprint density at radius 3 is 2.10 bits per heavy atom. The first-order valence-electron chi connectivity index (χ1n) is 13.8. The molecule has 0 unspecified atom stereocenters. The van der Waals surface area contributed by atoms with Crippen LogP contribution in [0.4, 0.5) is 4.39 Å². The first-order valence-corrected chi connectivity index (χ1v) is 13.8. The number of carbonyl (C=O) groups is 2. The molecule has 0 saturated carbocycles. The molecule has 3 aromatic carbocycles. The molecular formula is C32H36FN3O3. The van der Waals surface area contributed by atoms with E-state index in [9.17, 15) is 19.1 Å². The third-order valence-electron chi connectivity index (χ3n) is 8.19. The summed E-state index contributed by atoms with van der Waals surface area (Å²) in [6.45, 7) is 6.84. The molecule has 0 aromatic heterocycles. The Balaban J connectivity index is 1.10. The highest BCUT2D eigenvalue weighted by Gasteiger charge is 2.30. The van der Waals surface area contributed by atoms with Gasteiger partial charge in [-0.15, -0.1) is 0 Å². The topological polar surface area (TPSA) is 72.9 Å². The normalized spacial score (nSPS) is 17.3. The number of nitrogens with zero attached hydrogens (tertiary/aromatic N) is 2. The molecule has 2 aliphatic rings. The van der Waals surface area contributed by atoms with Gasteiger partial charge in [-0.3, -0.25) is 9.59 Å². The van der Waals surface area contributed by atoms with Crippen molar-refractivity contribution in [2.24, 2.45) is 0 Å². The number of hydrogen-bond donors (Lipinski definition) is 2. The second-order valence-electron chi connectivity index (χ2n) is 10.8. The van der Waals surface area contributed by atoms with Crippen molar-refractivity contribution in [3.8, 4) is 16.9 Å². The van der Waals surface area contributed by atoms with Gasteiger partial charge < -0.3 is 20.2 Å². The van der Waals surface area contributed by atoms with Crippen LogP contribution in [-0.2, 0) is 0 Å². The molecule has 2 aliphatic heterocycles. The van der Waals surface area contributed by atoms with Gasteiger partial charge in [-0.2, -0.15) is 0 Å².